The number of aryl methyl sites for hydroxylation is 1. The molecule has 0 bridgehead atoms. The Morgan fingerprint density at radius 2 is 2.21 bits per heavy atom. The Kier molecular flexibility index (Phi) is 3.78. The normalized spacial score (nSPS) is 18.5. The molecule has 0 saturated heterocycles. The van der Waals surface area contributed by atoms with Gasteiger partial charge in [-0.1, -0.05) is 24.9 Å². The van der Waals surface area contributed by atoms with E-state index in [1.807, 2.05) is 6.92 Å². The lowest BCUT2D eigenvalue weighted by Crippen LogP contribution is -2.55. The number of amidine groups is 1. The first-order valence-corrected chi connectivity index (χ1v) is 6.50. The number of carbonyl (C=O) groups is 1. The lowest BCUT2D eigenvalue weighted by molar-refractivity contribution is 0.0892. The van der Waals surface area contributed by atoms with Crippen LogP contribution < -0.4 is 11.1 Å². The smallest absolute Gasteiger partial charge is 0.287 e. The minimum absolute atomic E-state index is 0.0561. The number of nitrogens with two attached hydrogens (primary N) is 1. The van der Waals surface area contributed by atoms with Crippen LogP contribution in [0.25, 0.3) is 0 Å². The van der Waals surface area contributed by atoms with Crippen molar-refractivity contribution in [2.24, 2.45) is 10.9 Å². The lowest BCUT2D eigenvalue weighted by atomic mass is 9.96. The van der Waals surface area contributed by atoms with Crippen LogP contribution in [-0.4, -0.2) is 22.5 Å². The number of furan rings is 1. The van der Waals surface area contributed by atoms with Crippen molar-refractivity contribution >= 4 is 11.7 Å². The van der Waals surface area contributed by atoms with Gasteiger partial charge in [0.05, 0.1) is 0 Å². The van der Waals surface area contributed by atoms with Gasteiger partial charge in [-0.15, -0.1) is 0 Å². The van der Waals surface area contributed by atoms with E-state index in [1.54, 1.807) is 12.1 Å². The van der Waals surface area contributed by atoms with Crippen molar-refractivity contribution < 1.29 is 14.4 Å². The number of carbonyl (C=O) groups excluding carboxylic acids is 1. The number of amides is 1. The van der Waals surface area contributed by atoms with Crippen LogP contribution in [0.1, 0.15) is 48.9 Å². The van der Waals surface area contributed by atoms with Gasteiger partial charge in [0.2, 0.25) is 0 Å². The van der Waals surface area contributed by atoms with E-state index < -0.39 is 5.54 Å². The number of rotatable bonds is 4. The third-order valence-electron chi connectivity index (χ3n) is 3.64. The molecule has 0 aromatic carbocycles. The monoisotopic (exact) mass is 265 g/mol. The summed E-state index contributed by atoms with van der Waals surface area (Å²) < 4.78 is 5.41. The predicted molar refractivity (Wildman–Crippen MR) is 70.2 cm³/mol. The van der Waals surface area contributed by atoms with Gasteiger partial charge in [-0.25, -0.2) is 0 Å². The zero-order valence-corrected chi connectivity index (χ0v) is 11.0. The minimum atomic E-state index is -0.745. The number of hydrogen-bond donors (Lipinski definition) is 3. The van der Waals surface area contributed by atoms with Crippen molar-refractivity contribution in [1.82, 2.24) is 5.32 Å². The molecule has 19 heavy (non-hydrogen) atoms. The Bertz CT molecular complexity index is 487. The van der Waals surface area contributed by atoms with Crippen LogP contribution in [0.5, 0.6) is 0 Å². The summed E-state index contributed by atoms with van der Waals surface area (Å²) in [7, 11) is 0. The fraction of sp³-hybridized carbons (Fsp3) is 0.538. The fourth-order valence-electron chi connectivity index (χ4n) is 2.49. The molecule has 1 aliphatic rings. The van der Waals surface area contributed by atoms with E-state index in [1.165, 1.54) is 0 Å². The van der Waals surface area contributed by atoms with Gasteiger partial charge in [-0.3, -0.25) is 4.79 Å². The number of hydrogen-bond acceptors (Lipinski definition) is 4. The molecule has 1 fully saturated rings. The Hall–Kier alpha value is -1.98. The van der Waals surface area contributed by atoms with Crippen LogP contribution in [0.15, 0.2) is 21.7 Å². The molecular formula is C13H19N3O3. The molecule has 0 aliphatic heterocycles. The second-order valence-electron chi connectivity index (χ2n) is 4.85. The lowest BCUT2D eigenvalue weighted by Gasteiger charge is -2.28. The topological polar surface area (TPSA) is 101 Å². The average Bonchev–Trinajstić information content (AvgIpc) is 3.06. The first kappa shape index (κ1) is 13.5. The Morgan fingerprint density at radius 1 is 1.53 bits per heavy atom. The van der Waals surface area contributed by atoms with Gasteiger partial charge in [0.1, 0.15) is 11.3 Å². The van der Waals surface area contributed by atoms with Crippen LogP contribution >= 0.6 is 0 Å². The molecule has 1 amide bonds. The fourth-order valence-corrected chi connectivity index (χ4v) is 2.49. The van der Waals surface area contributed by atoms with E-state index in [2.05, 4.69) is 10.5 Å². The van der Waals surface area contributed by atoms with E-state index in [4.69, 9.17) is 15.4 Å². The summed E-state index contributed by atoms with van der Waals surface area (Å²) in [5.41, 5.74) is 4.98. The highest BCUT2D eigenvalue weighted by Gasteiger charge is 2.40. The van der Waals surface area contributed by atoms with Crippen molar-refractivity contribution in [1.29, 1.82) is 0 Å². The third kappa shape index (κ3) is 2.57. The molecule has 1 aromatic heterocycles. The Labute approximate surface area is 111 Å². The average molecular weight is 265 g/mol. The first-order valence-electron chi connectivity index (χ1n) is 6.50. The van der Waals surface area contributed by atoms with Gasteiger partial charge in [0.25, 0.3) is 5.91 Å². The second kappa shape index (κ2) is 5.34. The van der Waals surface area contributed by atoms with Crippen molar-refractivity contribution in [2.45, 2.75) is 44.6 Å². The standard InChI is InChI=1S/C13H19N3O3/c1-2-9-5-6-10(19-9)11(17)15-13(12(14)16-18)7-3-4-8-13/h5-6,18H,2-4,7-8H2,1H3,(H2,14,16)(H,15,17). The summed E-state index contributed by atoms with van der Waals surface area (Å²) in [6.45, 7) is 1.95. The van der Waals surface area contributed by atoms with Gasteiger partial charge >= 0.3 is 0 Å². The zero-order chi connectivity index (χ0) is 13.9. The van der Waals surface area contributed by atoms with Gasteiger partial charge in [-0.05, 0) is 25.0 Å². The van der Waals surface area contributed by atoms with Gasteiger partial charge < -0.3 is 20.7 Å². The largest absolute Gasteiger partial charge is 0.456 e. The van der Waals surface area contributed by atoms with Crippen LogP contribution in [0, 0.1) is 0 Å². The molecule has 0 spiro atoms. The number of nitrogens with zero attached hydrogens (tertiary/aromatic N) is 1. The van der Waals surface area contributed by atoms with E-state index >= 15 is 0 Å². The van der Waals surface area contributed by atoms with Crippen molar-refractivity contribution in [3.8, 4) is 0 Å². The maximum atomic E-state index is 12.2. The summed E-state index contributed by atoms with van der Waals surface area (Å²) in [5.74, 6) is 0.747. The molecular weight excluding hydrogens is 246 g/mol. The maximum Gasteiger partial charge on any atom is 0.287 e. The maximum absolute atomic E-state index is 12.2. The van der Waals surface area contributed by atoms with Gasteiger partial charge in [0, 0.05) is 6.42 Å². The summed E-state index contributed by atoms with van der Waals surface area (Å²) in [4.78, 5) is 12.2. The number of oxime groups is 1. The van der Waals surface area contributed by atoms with Crippen LogP contribution in [0.3, 0.4) is 0 Å². The SMILES string of the molecule is CCc1ccc(C(=O)NC2(C(N)=NO)CCCC2)o1. The molecule has 1 aromatic rings. The molecule has 6 nitrogen and oxygen atoms in total. The minimum Gasteiger partial charge on any atom is -0.456 e. The molecule has 1 aliphatic carbocycles. The molecule has 2 rings (SSSR count). The van der Waals surface area contributed by atoms with E-state index in [0.717, 1.165) is 25.0 Å². The number of nitrogens with one attached hydrogen (secondary N) is 1. The third-order valence-corrected chi connectivity index (χ3v) is 3.64. The van der Waals surface area contributed by atoms with Gasteiger partial charge in [-0.2, -0.15) is 0 Å². The van der Waals surface area contributed by atoms with E-state index in [-0.39, 0.29) is 17.5 Å². The molecule has 1 saturated carbocycles. The molecule has 104 valence electrons. The highest BCUT2D eigenvalue weighted by Crippen LogP contribution is 2.30. The summed E-state index contributed by atoms with van der Waals surface area (Å²) in [6.07, 6.45) is 3.97. The van der Waals surface area contributed by atoms with E-state index in [9.17, 15) is 4.79 Å². The molecule has 6 heteroatoms. The molecule has 4 N–H and O–H groups in total. The van der Waals surface area contributed by atoms with Crippen molar-refractivity contribution in [3.63, 3.8) is 0 Å². The molecule has 1 heterocycles. The van der Waals surface area contributed by atoms with Crippen molar-refractivity contribution in [2.75, 3.05) is 0 Å². The second-order valence-corrected chi connectivity index (χ2v) is 4.85. The van der Waals surface area contributed by atoms with Crippen molar-refractivity contribution in [3.05, 3.63) is 23.7 Å². The highest BCUT2D eigenvalue weighted by atomic mass is 16.4. The van der Waals surface area contributed by atoms with E-state index in [0.29, 0.717) is 12.8 Å². The quantitative estimate of drug-likeness (QED) is 0.333. The highest BCUT2D eigenvalue weighted by molar-refractivity contribution is 5.99. The first-order chi connectivity index (χ1) is 9.11. The van der Waals surface area contributed by atoms with Gasteiger partial charge in [0.15, 0.2) is 11.6 Å². The summed E-state index contributed by atoms with van der Waals surface area (Å²) in [6, 6.07) is 3.42. The molecule has 0 atom stereocenters. The molecule has 0 unspecified atom stereocenters. The zero-order valence-electron chi connectivity index (χ0n) is 11.0. The van der Waals surface area contributed by atoms with Crippen LogP contribution in [0.2, 0.25) is 0 Å². The van der Waals surface area contributed by atoms with Crippen LogP contribution in [0.4, 0.5) is 0 Å². The van der Waals surface area contributed by atoms with Crippen LogP contribution in [-0.2, 0) is 6.42 Å². The summed E-state index contributed by atoms with van der Waals surface area (Å²) in [5, 5.41) is 14.8. The predicted octanol–water partition coefficient (Wildman–Crippen LogP) is 1.63. The summed E-state index contributed by atoms with van der Waals surface area (Å²) >= 11 is 0. The Morgan fingerprint density at radius 3 is 2.74 bits per heavy atom. The Balaban J connectivity index is 2.16. The molecule has 0 radical (unpaired) electrons.